The topological polar surface area (TPSA) is 91.0 Å². The number of carbonyl (C=O) groups excluding carboxylic acids is 2. The zero-order valence-electron chi connectivity index (χ0n) is 13.4. The molecule has 1 aliphatic rings. The average Bonchev–Trinajstić information content (AvgIpc) is 3.21. The zero-order chi connectivity index (χ0) is 16.4. The first kappa shape index (κ1) is 15.9. The summed E-state index contributed by atoms with van der Waals surface area (Å²) in [6, 6.07) is 0. The molecule has 23 heavy (non-hydrogen) atoms. The predicted octanol–water partition coefficient (Wildman–Crippen LogP) is 2.63. The van der Waals surface area contributed by atoms with Gasteiger partial charge in [0.15, 0.2) is 16.5 Å². The van der Waals surface area contributed by atoms with E-state index >= 15 is 0 Å². The summed E-state index contributed by atoms with van der Waals surface area (Å²) in [5.41, 5.74) is 0.926. The molecule has 0 unspecified atom stereocenters. The van der Waals surface area contributed by atoms with Crippen LogP contribution < -0.4 is 5.32 Å². The van der Waals surface area contributed by atoms with Crippen molar-refractivity contribution in [3.05, 3.63) is 5.69 Å². The van der Waals surface area contributed by atoms with E-state index in [2.05, 4.69) is 27.4 Å². The number of unbranched alkanes of at least 4 members (excludes halogenated alkanes) is 2. The van der Waals surface area contributed by atoms with Gasteiger partial charge in [-0.1, -0.05) is 31.1 Å². The number of carbonyl (C=O) groups is 2. The largest absolute Gasteiger partial charge is 0.340 e. The molecule has 0 aliphatic heterocycles. The molecule has 1 fully saturated rings. The van der Waals surface area contributed by atoms with Crippen molar-refractivity contribution in [2.24, 2.45) is 5.92 Å². The van der Waals surface area contributed by atoms with E-state index in [1.54, 1.807) is 11.9 Å². The standard InChI is InChI=1S/C15H21N5O2S/c1-3-4-5-8-20(2)14(22)10-11-12(19-18-10)16-15(23-11)17-13(21)9-6-7-9/h9H,3-8H2,1-2H3,(H2,16,17,18,19,21). The van der Waals surface area contributed by atoms with Gasteiger partial charge in [-0.25, -0.2) is 4.98 Å². The lowest BCUT2D eigenvalue weighted by atomic mass is 10.2. The maximum absolute atomic E-state index is 12.5. The molecule has 2 N–H and O–H groups in total. The SMILES string of the molecule is CCCCCN(C)C(=O)c1n[nH]c2nc(NC(=O)C3CC3)sc12. The Hall–Kier alpha value is -1.96. The normalized spacial score (nSPS) is 14.2. The Morgan fingerprint density at radius 2 is 2.17 bits per heavy atom. The lowest BCUT2D eigenvalue weighted by Crippen LogP contribution is -2.28. The fraction of sp³-hybridized carbons (Fsp3) is 0.600. The van der Waals surface area contributed by atoms with E-state index in [0.29, 0.717) is 27.7 Å². The minimum atomic E-state index is -0.115. The molecule has 2 aromatic rings. The Kier molecular flexibility index (Phi) is 4.61. The third-order valence-electron chi connectivity index (χ3n) is 3.94. The summed E-state index contributed by atoms with van der Waals surface area (Å²) < 4.78 is 0.698. The Balaban J connectivity index is 1.71. The van der Waals surface area contributed by atoms with Crippen molar-refractivity contribution < 1.29 is 9.59 Å². The molecule has 0 spiro atoms. The number of fused-ring (bicyclic) bond motifs is 1. The molecule has 2 heterocycles. The van der Waals surface area contributed by atoms with Crippen LogP contribution in [0.2, 0.25) is 0 Å². The van der Waals surface area contributed by atoms with Gasteiger partial charge >= 0.3 is 0 Å². The molecule has 0 bridgehead atoms. The van der Waals surface area contributed by atoms with Gasteiger partial charge in [0.25, 0.3) is 5.91 Å². The first-order valence-electron chi connectivity index (χ1n) is 8.01. The monoisotopic (exact) mass is 335 g/mol. The van der Waals surface area contributed by atoms with E-state index in [-0.39, 0.29) is 17.7 Å². The first-order valence-corrected chi connectivity index (χ1v) is 8.83. The Morgan fingerprint density at radius 3 is 2.87 bits per heavy atom. The van der Waals surface area contributed by atoms with E-state index in [1.807, 2.05) is 0 Å². The molecule has 2 amide bonds. The van der Waals surface area contributed by atoms with Crippen molar-refractivity contribution in [3.63, 3.8) is 0 Å². The molecule has 2 aromatic heterocycles. The van der Waals surface area contributed by atoms with Crippen molar-refractivity contribution in [1.82, 2.24) is 20.1 Å². The van der Waals surface area contributed by atoms with Crippen molar-refractivity contribution in [2.45, 2.75) is 39.0 Å². The smallest absolute Gasteiger partial charge is 0.275 e. The molecule has 124 valence electrons. The summed E-state index contributed by atoms with van der Waals surface area (Å²) in [6.07, 6.45) is 5.10. The van der Waals surface area contributed by atoms with Crippen LogP contribution >= 0.6 is 11.3 Å². The van der Waals surface area contributed by atoms with E-state index in [0.717, 1.165) is 32.1 Å². The number of aromatic amines is 1. The molecule has 8 heteroatoms. The van der Waals surface area contributed by atoms with Gasteiger partial charge in [-0.3, -0.25) is 14.7 Å². The summed E-state index contributed by atoms with van der Waals surface area (Å²) in [5, 5.41) is 10.2. The fourth-order valence-electron chi connectivity index (χ4n) is 2.35. The molecule has 1 aliphatic carbocycles. The number of aromatic nitrogens is 3. The first-order chi connectivity index (χ1) is 11.1. The van der Waals surface area contributed by atoms with Crippen molar-refractivity contribution in [3.8, 4) is 0 Å². The number of amides is 2. The molecular weight excluding hydrogens is 314 g/mol. The number of thiazole rings is 1. The maximum Gasteiger partial charge on any atom is 0.275 e. The Labute approximate surface area is 138 Å². The van der Waals surface area contributed by atoms with Gasteiger partial charge in [-0.2, -0.15) is 5.10 Å². The quantitative estimate of drug-likeness (QED) is 0.761. The van der Waals surface area contributed by atoms with Crippen molar-refractivity contribution in [2.75, 3.05) is 18.9 Å². The van der Waals surface area contributed by atoms with Crippen LogP contribution in [0.1, 0.15) is 49.5 Å². The fourth-order valence-corrected chi connectivity index (χ4v) is 3.25. The zero-order valence-corrected chi connectivity index (χ0v) is 14.2. The average molecular weight is 335 g/mol. The number of nitrogens with zero attached hydrogens (tertiary/aromatic N) is 3. The molecule has 7 nitrogen and oxygen atoms in total. The lowest BCUT2D eigenvalue weighted by Gasteiger charge is -2.15. The third kappa shape index (κ3) is 3.52. The Bertz CT molecular complexity index is 719. The molecule has 0 aromatic carbocycles. The van der Waals surface area contributed by atoms with Crippen LogP contribution in [0, 0.1) is 5.92 Å². The van der Waals surface area contributed by atoms with Crippen LogP contribution in [-0.2, 0) is 4.79 Å². The minimum absolute atomic E-state index is 0.0129. The maximum atomic E-state index is 12.5. The number of H-pyrrole nitrogens is 1. The number of hydrogen-bond donors (Lipinski definition) is 2. The second-order valence-corrected chi connectivity index (χ2v) is 6.97. The van der Waals surface area contributed by atoms with Crippen LogP contribution in [0.15, 0.2) is 0 Å². The van der Waals surface area contributed by atoms with Gasteiger partial charge in [0, 0.05) is 19.5 Å². The van der Waals surface area contributed by atoms with Crippen molar-refractivity contribution in [1.29, 1.82) is 0 Å². The van der Waals surface area contributed by atoms with Gasteiger partial charge < -0.3 is 10.2 Å². The van der Waals surface area contributed by atoms with E-state index in [1.165, 1.54) is 11.3 Å². The number of nitrogens with one attached hydrogen (secondary N) is 2. The molecule has 0 radical (unpaired) electrons. The summed E-state index contributed by atoms with van der Waals surface area (Å²) >= 11 is 1.29. The minimum Gasteiger partial charge on any atom is -0.340 e. The summed E-state index contributed by atoms with van der Waals surface area (Å²) in [4.78, 5) is 30.3. The highest BCUT2D eigenvalue weighted by molar-refractivity contribution is 7.22. The number of anilines is 1. The second-order valence-electron chi connectivity index (χ2n) is 5.97. The third-order valence-corrected chi connectivity index (χ3v) is 4.92. The highest BCUT2D eigenvalue weighted by Crippen LogP contribution is 2.32. The summed E-state index contributed by atoms with van der Waals surface area (Å²) in [7, 11) is 1.79. The van der Waals surface area contributed by atoms with Crippen LogP contribution in [0.5, 0.6) is 0 Å². The van der Waals surface area contributed by atoms with E-state index in [4.69, 9.17) is 0 Å². The molecule has 1 saturated carbocycles. The highest BCUT2D eigenvalue weighted by Gasteiger charge is 2.30. The Morgan fingerprint density at radius 1 is 1.39 bits per heavy atom. The van der Waals surface area contributed by atoms with Crippen LogP contribution in [0.3, 0.4) is 0 Å². The highest BCUT2D eigenvalue weighted by atomic mass is 32.1. The van der Waals surface area contributed by atoms with Gasteiger partial charge in [0.2, 0.25) is 5.91 Å². The van der Waals surface area contributed by atoms with E-state index in [9.17, 15) is 9.59 Å². The lowest BCUT2D eigenvalue weighted by molar-refractivity contribution is -0.117. The van der Waals surface area contributed by atoms with Gasteiger partial charge in [0.05, 0.1) is 0 Å². The number of hydrogen-bond acceptors (Lipinski definition) is 5. The summed E-state index contributed by atoms with van der Waals surface area (Å²) in [6.45, 7) is 2.85. The molecule has 0 saturated heterocycles. The molecular formula is C15H21N5O2S. The van der Waals surface area contributed by atoms with Crippen LogP contribution in [0.4, 0.5) is 5.13 Å². The van der Waals surface area contributed by atoms with Crippen LogP contribution in [0.25, 0.3) is 10.3 Å². The van der Waals surface area contributed by atoms with Gasteiger partial charge in [-0.15, -0.1) is 0 Å². The van der Waals surface area contributed by atoms with E-state index < -0.39 is 0 Å². The summed E-state index contributed by atoms with van der Waals surface area (Å²) in [5.74, 6) is 0.0242. The molecule has 0 atom stereocenters. The van der Waals surface area contributed by atoms with Gasteiger partial charge in [0.1, 0.15) is 4.70 Å². The predicted molar refractivity (Wildman–Crippen MR) is 89.6 cm³/mol. The second kappa shape index (κ2) is 6.66. The van der Waals surface area contributed by atoms with Crippen molar-refractivity contribution >= 4 is 38.6 Å². The van der Waals surface area contributed by atoms with Gasteiger partial charge in [-0.05, 0) is 19.3 Å². The molecule has 3 rings (SSSR count). The number of rotatable bonds is 7. The van der Waals surface area contributed by atoms with Crippen LogP contribution in [-0.4, -0.2) is 45.5 Å².